The van der Waals surface area contributed by atoms with E-state index < -0.39 is 0 Å². The van der Waals surface area contributed by atoms with Gasteiger partial charge in [0.15, 0.2) is 0 Å². The fraction of sp³-hybridized carbons (Fsp3) is 0.636. The lowest BCUT2D eigenvalue weighted by Gasteiger charge is -2.09. The maximum atomic E-state index is 6.11. The van der Waals surface area contributed by atoms with E-state index in [-0.39, 0.29) is 0 Å². The number of rotatable bonds is 1. The van der Waals surface area contributed by atoms with Gasteiger partial charge in [-0.05, 0) is 29.9 Å². The van der Waals surface area contributed by atoms with Crippen molar-refractivity contribution < 1.29 is 0 Å². The van der Waals surface area contributed by atoms with Crippen LogP contribution in [-0.2, 0) is 6.42 Å². The van der Waals surface area contributed by atoms with Crippen molar-refractivity contribution in [3.63, 3.8) is 0 Å². The fourth-order valence-electron chi connectivity index (χ4n) is 1.92. The Kier molecular flexibility index (Phi) is 2.20. The standard InChI is InChI=1S/C11H17NS/c1-6(2)9-5-8-10(13-9)4-7(3)11(8)12/h5-7,11H,4,12H2,1-3H3. The predicted octanol–water partition coefficient (Wildman–Crippen LogP) is 3.06. The Balaban J connectivity index is 2.35. The predicted molar refractivity (Wildman–Crippen MR) is 58.2 cm³/mol. The van der Waals surface area contributed by atoms with E-state index in [1.807, 2.05) is 11.3 Å². The lowest BCUT2D eigenvalue weighted by atomic mass is 10.0. The maximum Gasteiger partial charge on any atom is 0.0335 e. The van der Waals surface area contributed by atoms with Crippen LogP contribution < -0.4 is 5.73 Å². The maximum absolute atomic E-state index is 6.11. The first-order valence-electron chi connectivity index (χ1n) is 4.97. The zero-order valence-electron chi connectivity index (χ0n) is 8.50. The smallest absolute Gasteiger partial charge is 0.0335 e. The van der Waals surface area contributed by atoms with Gasteiger partial charge in [-0.3, -0.25) is 0 Å². The van der Waals surface area contributed by atoms with Crippen molar-refractivity contribution in [2.75, 3.05) is 0 Å². The second-order valence-electron chi connectivity index (χ2n) is 4.39. The second kappa shape index (κ2) is 3.10. The van der Waals surface area contributed by atoms with Crippen LogP contribution in [0.4, 0.5) is 0 Å². The first-order valence-corrected chi connectivity index (χ1v) is 5.79. The number of thiophene rings is 1. The molecule has 0 aromatic carbocycles. The van der Waals surface area contributed by atoms with Gasteiger partial charge >= 0.3 is 0 Å². The first-order chi connectivity index (χ1) is 6.09. The van der Waals surface area contributed by atoms with E-state index in [2.05, 4.69) is 26.8 Å². The van der Waals surface area contributed by atoms with Gasteiger partial charge in [-0.1, -0.05) is 20.8 Å². The molecular formula is C11H17NS. The molecular weight excluding hydrogens is 178 g/mol. The highest BCUT2D eigenvalue weighted by atomic mass is 32.1. The van der Waals surface area contributed by atoms with Crippen molar-refractivity contribution in [1.29, 1.82) is 0 Å². The molecule has 2 atom stereocenters. The Bertz CT molecular complexity index is 314. The van der Waals surface area contributed by atoms with Gasteiger partial charge in [0.2, 0.25) is 0 Å². The summed E-state index contributed by atoms with van der Waals surface area (Å²) in [6, 6.07) is 2.61. The lowest BCUT2D eigenvalue weighted by Crippen LogP contribution is -2.13. The zero-order chi connectivity index (χ0) is 9.59. The van der Waals surface area contributed by atoms with Gasteiger partial charge in [-0.15, -0.1) is 11.3 Å². The average molecular weight is 195 g/mol. The van der Waals surface area contributed by atoms with Crippen LogP contribution in [0.1, 0.15) is 48.0 Å². The van der Waals surface area contributed by atoms with Crippen molar-refractivity contribution in [2.45, 2.75) is 39.2 Å². The molecule has 0 saturated carbocycles. The Morgan fingerprint density at radius 1 is 1.54 bits per heavy atom. The van der Waals surface area contributed by atoms with Crippen molar-refractivity contribution in [3.05, 3.63) is 21.4 Å². The number of fused-ring (bicyclic) bond motifs is 1. The van der Waals surface area contributed by atoms with E-state index in [0.717, 1.165) is 0 Å². The van der Waals surface area contributed by atoms with Crippen molar-refractivity contribution in [1.82, 2.24) is 0 Å². The highest BCUT2D eigenvalue weighted by Crippen LogP contribution is 2.41. The minimum Gasteiger partial charge on any atom is -0.324 e. The summed E-state index contributed by atoms with van der Waals surface area (Å²) in [5.41, 5.74) is 7.53. The summed E-state index contributed by atoms with van der Waals surface area (Å²) in [6.07, 6.45) is 1.19. The summed E-state index contributed by atoms with van der Waals surface area (Å²) in [5.74, 6) is 1.29. The molecule has 0 saturated heterocycles. The summed E-state index contributed by atoms with van der Waals surface area (Å²) >= 11 is 1.96. The van der Waals surface area contributed by atoms with Crippen LogP contribution in [-0.4, -0.2) is 0 Å². The monoisotopic (exact) mass is 195 g/mol. The minimum atomic E-state index is 0.291. The quantitative estimate of drug-likeness (QED) is 0.732. The van der Waals surface area contributed by atoms with Gasteiger partial charge in [-0.2, -0.15) is 0 Å². The molecule has 1 aliphatic carbocycles. The van der Waals surface area contributed by atoms with E-state index >= 15 is 0 Å². The molecule has 13 heavy (non-hydrogen) atoms. The Morgan fingerprint density at radius 2 is 2.23 bits per heavy atom. The van der Waals surface area contributed by atoms with Gasteiger partial charge in [0.05, 0.1) is 0 Å². The van der Waals surface area contributed by atoms with Crippen LogP contribution in [0.5, 0.6) is 0 Å². The third-order valence-electron chi connectivity index (χ3n) is 2.91. The van der Waals surface area contributed by atoms with Crippen LogP contribution in [0.2, 0.25) is 0 Å². The van der Waals surface area contributed by atoms with Crippen LogP contribution in [0.15, 0.2) is 6.07 Å². The Labute approximate surface area is 84.0 Å². The van der Waals surface area contributed by atoms with E-state index in [1.54, 1.807) is 0 Å². The third-order valence-corrected chi connectivity index (χ3v) is 4.38. The summed E-state index contributed by atoms with van der Waals surface area (Å²) in [4.78, 5) is 3.02. The van der Waals surface area contributed by atoms with Gasteiger partial charge in [0.1, 0.15) is 0 Å². The van der Waals surface area contributed by atoms with Gasteiger partial charge in [0.25, 0.3) is 0 Å². The topological polar surface area (TPSA) is 26.0 Å². The number of hydrogen-bond donors (Lipinski definition) is 1. The van der Waals surface area contributed by atoms with Crippen LogP contribution in [0.3, 0.4) is 0 Å². The molecule has 1 aliphatic rings. The van der Waals surface area contributed by atoms with E-state index in [0.29, 0.717) is 17.9 Å². The Hall–Kier alpha value is -0.340. The molecule has 72 valence electrons. The summed E-state index contributed by atoms with van der Waals surface area (Å²) in [5, 5.41) is 0. The zero-order valence-corrected chi connectivity index (χ0v) is 9.32. The minimum absolute atomic E-state index is 0.291. The third kappa shape index (κ3) is 1.42. The fourth-order valence-corrected chi connectivity index (χ4v) is 3.28. The summed E-state index contributed by atoms with van der Waals surface area (Å²) in [7, 11) is 0. The molecule has 0 bridgehead atoms. The number of nitrogens with two attached hydrogens (primary N) is 1. The van der Waals surface area contributed by atoms with Crippen LogP contribution in [0, 0.1) is 5.92 Å². The number of hydrogen-bond acceptors (Lipinski definition) is 2. The van der Waals surface area contributed by atoms with E-state index in [4.69, 9.17) is 5.73 Å². The molecule has 2 rings (SSSR count). The molecule has 2 unspecified atom stereocenters. The Morgan fingerprint density at radius 3 is 2.77 bits per heavy atom. The highest BCUT2D eigenvalue weighted by Gasteiger charge is 2.28. The molecule has 1 aromatic heterocycles. The van der Waals surface area contributed by atoms with Crippen molar-refractivity contribution in [2.24, 2.45) is 11.7 Å². The molecule has 2 N–H and O–H groups in total. The van der Waals surface area contributed by atoms with E-state index in [9.17, 15) is 0 Å². The van der Waals surface area contributed by atoms with Gasteiger partial charge in [0, 0.05) is 15.8 Å². The van der Waals surface area contributed by atoms with Gasteiger partial charge < -0.3 is 5.73 Å². The van der Waals surface area contributed by atoms with Crippen molar-refractivity contribution >= 4 is 11.3 Å². The molecule has 1 nitrogen and oxygen atoms in total. The largest absolute Gasteiger partial charge is 0.324 e. The molecule has 1 heterocycles. The molecule has 2 heteroatoms. The molecule has 0 radical (unpaired) electrons. The second-order valence-corrected chi connectivity index (χ2v) is 5.56. The summed E-state index contributed by atoms with van der Waals surface area (Å²) in [6.45, 7) is 6.73. The molecule has 0 fully saturated rings. The normalized spacial score (nSPS) is 26.8. The van der Waals surface area contributed by atoms with Crippen molar-refractivity contribution in [3.8, 4) is 0 Å². The average Bonchev–Trinajstić information content (AvgIpc) is 2.55. The molecule has 0 amide bonds. The molecule has 0 aliphatic heterocycles. The first kappa shape index (κ1) is 9.22. The highest BCUT2D eigenvalue weighted by molar-refractivity contribution is 7.12. The molecule has 1 aromatic rings. The summed E-state index contributed by atoms with van der Waals surface area (Å²) < 4.78 is 0. The lowest BCUT2D eigenvalue weighted by molar-refractivity contribution is 0.513. The SMILES string of the molecule is CC(C)c1cc2c(s1)CC(C)C2N. The van der Waals surface area contributed by atoms with Gasteiger partial charge in [-0.25, -0.2) is 0 Å². The van der Waals surface area contributed by atoms with Crippen LogP contribution >= 0.6 is 11.3 Å². The molecule has 0 spiro atoms. The van der Waals surface area contributed by atoms with Crippen LogP contribution in [0.25, 0.3) is 0 Å². The van der Waals surface area contributed by atoms with E-state index in [1.165, 1.54) is 21.7 Å².